The average molecular weight is 274 g/mol. The van der Waals surface area contributed by atoms with Crippen LogP contribution in [0.5, 0.6) is 0 Å². The van der Waals surface area contributed by atoms with E-state index in [4.69, 9.17) is 17.3 Å². The molecule has 2 rings (SSSR count). The molecule has 19 heavy (non-hydrogen) atoms. The van der Waals surface area contributed by atoms with Crippen LogP contribution in [0.3, 0.4) is 0 Å². The van der Waals surface area contributed by atoms with Crippen molar-refractivity contribution in [3.05, 3.63) is 63.7 Å². The van der Waals surface area contributed by atoms with Crippen LogP contribution in [0.25, 0.3) is 0 Å². The van der Waals surface area contributed by atoms with E-state index in [9.17, 15) is 4.79 Å². The maximum Gasteiger partial charge on any atom is 0.167 e. The summed E-state index contributed by atoms with van der Waals surface area (Å²) in [6.07, 6.45) is 0.388. The zero-order chi connectivity index (χ0) is 14.0. The predicted molar refractivity (Wildman–Crippen MR) is 79.8 cm³/mol. The Balaban J connectivity index is 2.28. The van der Waals surface area contributed by atoms with Crippen LogP contribution in [0.2, 0.25) is 5.02 Å². The van der Waals surface area contributed by atoms with Crippen molar-refractivity contribution >= 4 is 23.1 Å². The van der Waals surface area contributed by atoms with E-state index in [1.54, 1.807) is 18.2 Å². The number of aryl methyl sites for hydroxylation is 2. The third kappa shape index (κ3) is 2.96. The number of ketones is 1. The first kappa shape index (κ1) is 13.6. The number of anilines is 1. The van der Waals surface area contributed by atoms with Gasteiger partial charge in [0, 0.05) is 12.0 Å². The molecule has 98 valence electrons. The summed E-state index contributed by atoms with van der Waals surface area (Å²) in [6, 6.07) is 11.1. The summed E-state index contributed by atoms with van der Waals surface area (Å²) in [5.41, 5.74) is 10.1. The largest absolute Gasteiger partial charge is 0.398 e. The van der Waals surface area contributed by atoms with E-state index in [0.717, 1.165) is 16.7 Å². The predicted octanol–water partition coefficient (Wildman–Crippen LogP) is 3.96. The number of carbonyl (C=O) groups excluding carboxylic acids is 1. The number of nitrogen functional groups attached to an aromatic ring is 1. The van der Waals surface area contributed by atoms with Crippen molar-refractivity contribution in [2.75, 3.05) is 5.73 Å². The summed E-state index contributed by atoms with van der Waals surface area (Å²) >= 11 is 5.86. The zero-order valence-electron chi connectivity index (χ0n) is 11.0. The van der Waals surface area contributed by atoms with Crippen LogP contribution in [0.4, 0.5) is 5.69 Å². The molecule has 0 aliphatic carbocycles. The average Bonchev–Trinajstić information content (AvgIpc) is 2.37. The summed E-state index contributed by atoms with van der Waals surface area (Å²) in [6.45, 7) is 4.04. The minimum atomic E-state index is 0.0563. The maximum absolute atomic E-state index is 12.3. The van der Waals surface area contributed by atoms with Gasteiger partial charge < -0.3 is 5.73 Å². The molecule has 3 heteroatoms. The molecule has 0 heterocycles. The fourth-order valence-corrected chi connectivity index (χ4v) is 2.23. The van der Waals surface area contributed by atoms with Gasteiger partial charge in [0.25, 0.3) is 0 Å². The van der Waals surface area contributed by atoms with E-state index in [1.165, 1.54) is 0 Å². The molecule has 0 bridgehead atoms. The van der Waals surface area contributed by atoms with Gasteiger partial charge in [-0.25, -0.2) is 0 Å². The van der Waals surface area contributed by atoms with Crippen LogP contribution in [0.1, 0.15) is 27.0 Å². The maximum atomic E-state index is 12.3. The highest BCUT2D eigenvalue weighted by Gasteiger charge is 2.11. The molecule has 0 radical (unpaired) electrons. The standard InChI is InChI=1S/C16H16ClNO/c1-10-4-3-5-11(2)13(10)9-16(19)12-6-7-14(17)15(18)8-12/h3-8H,9,18H2,1-2H3. The first-order valence-corrected chi connectivity index (χ1v) is 6.50. The van der Waals surface area contributed by atoms with Crippen molar-refractivity contribution in [2.45, 2.75) is 20.3 Å². The normalized spacial score (nSPS) is 10.5. The Morgan fingerprint density at radius 2 is 1.79 bits per heavy atom. The summed E-state index contributed by atoms with van der Waals surface area (Å²) in [5, 5.41) is 0.476. The molecule has 0 unspecified atom stereocenters. The number of carbonyl (C=O) groups is 1. The minimum absolute atomic E-state index is 0.0563. The molecule has 0 aliphatic rings. The summed E-state index contributed by atoms with van der Waals surface area (Å²) < 4.78 is 0. The first-order valence-electron chi connectivity index (χ1n) is 6.12. The molecule has 2 aromatic rings. The molecule has 2 nitrogen and oxygen atoms in total. The topological polar surface area (TPSA) is 43.1 Å². The van der Waals surface area contributed by atoms with Crippen molar-refractivity contribution in [1.82, 2.24) is 0 Å². The van der Waals surface area contributed by atoms with Gasteiger partial charge in [-0.1, -0.05) is 29.8 Å². The number of Topliss-reactive ketones (excluding diaryl/α,β-unsaturated/α-hetero) is 1. The van der Waals surface area contributed by atoms with Gasteiger partial charge in [0.1, 0.15) is 0 Å². The number of halogens is 1. The van der Waals surface area contributed by atoms with Crippen molar-refractivity contribution in [3.63, 3.8) is 0 Å². The van der Waals surface area contributed by atoms with Gasteiger partial charge in [0.15, 0.2) is 5.78 Å². The van der Waals surface area contributed by atoms with Gasteiger partial charge >= 0.3 is 0 Å². The Kier molecular flexibility index (Phi) is 3.91. The second-order valence-electron chi connectivity index (χ2n) is 4.71. The van der Waals surface area contributed by atoms with Crippen LogP contribution >= 0.6 is 11.6 Å². The molecule has 2 N–H and O–H groups in total. The second-order valence-corrected chi connectivity index (χ2v) is 5.11. The summed E-state index contributed by atoms with van der Waals surface area (Å²) in [5.74, 6) is 0.0563. The van der Waals surface area contributed by atoms with Crippen molar-refractivity contribution < 1.29 is 4.79 Å². The Morgan fingerprint density at radius 1 is 1.16 bits per heavy atom. The number of hydrogen-bond acceptors (Lipinski definition) is 2. The van der Waals surface area contributed by atoms with Crippen LogP contribution < -0.4 is 5.73 Å². The van der Waals surface area contributed by atoms with Crippen LogP contribution in [0.15, 0.2) is 36.4 Å². The van der Waals surface area contributed by atoms with E-state index in [1.807, 2.05) is 32.0 Å². The fraction of sp³-hybridized carbons (Fsp3) is 0.188. The number of rotatable bonds is 3. The molecule has 0 saturated heterocycles. The molecule has 0 atom stereocenters. The van der Waals surface area contributed by atoms with Gasteiger partial charge in [0.2, 0.25) is 0 Å². The zero-order valence-corrected chi connectivity index (χ0v) is 11.8. The number of benzene rings is 2. The minimum Gasteiger partial charge on any atom is -0.398 e. The van der Waals surface area contributed by atoms with Gasteiger partial charge in [-0.2, -0.15) is 0 Å². The molecule has 0 fully saturated rings. The lowest BCUT2D eigenvalue weighted by molar-refractivity contribution is 0.0992. The van der Waals surface area contributed by atoms with Crippen LogP contribution in [-0.2, 0) is 6.42 Å². The summed E-state index contributed by atoms with van der Waals surface area (Å²) in [7, 11) is 0. The molecular formula is C16H16ClNO. The SMILES string of the molecule is Cc1cccc(C)c1CC(=O)c1ccc(Cl)c(N)c1. The molecule has 0 amide bonds. The molecular weight excluding hydrogens is 258 g/mol. The van der Waals surface area contributed by atoms with E-state index >= 15 is 0 Å². The van der Waals surface area contributed by atoms with E-state index in [-0.39, 0.29) is 5.78 Å². The van der Waals surface area contributed by atoms with Crippen LogP contribution in [-0.4, -0.2) is 5.78 Å². The van der Waals surface area contributed by atoms with Gasteiger partial charge in [-0.05, 0) is 48.7 Å². The number of nitrogens with two attached hydrogens (primary N) is 1. The Morgan fingerprint density at radius 3 is 2.37 bits per heavy atom. The first-order chi connectivity index (χ1) is 8.99. The fourth-order valence-electron chi connectivity index (χ4n) is 2.11. The lowest BCUT2D eigenvalue weighted by Crippen LogP contribution is -2.07. The molecule has 0 aromatic heterocycles. The van der Waals surface area contributed by atoms with Gasteiger partial charge in [-0.3, -0.25) is 4.79 Å². The van der Waals surface area contributed by atoms with E-state index in [0.29, 0.717) is 22.7 Å². The third-order valence-electron chi connectivity index (χ3n) is 3.30. The highest BCUT2D eigenvalue weighted by atomic mass is 35.5. The molecule has 0 saturated carbocycles. The molecule has 0 spiro atoms. The smallest absolute Gasteiger partial charge is 0.167 e. The van der Waals surface area contributed by atoms with E-state index < -0.39 is 0 Å². The summed E-state index contributed by atoms with van der Waals surface area (Å²) in [4.78, 5) is 12.3. The molecule has 0 aliphatic heterocycles. The Hall–Kier alpha value is -1.80. The van der Waals surface area contributed by atoms with Crippen molar-refractivity contribution in [1.29, 1.82) is 0 Å². The monoisotopic (exact) mass is 273 g/mol. The van der Waals surface area contributed by atoms with Crippen LogP contribution in [0, 0.1) is 13.8 Å². The highest BCUT2D eigenvalue weighted by Crippen LogP contribution is 2.22. The second kappa shape index (κ2) is 5.45. The van der Waals surface area contributed by atoms with Gasteiger partial charge in [0.05, 0.1) is 10.7 Å². The van der Waals surface area contributed by atoms with Gasteiger partial charge in [-0.15, -0.1) is 0 Å². The van der Waals surface area contributed by atoms with Crippen molar-refractivity contribution in [2.24, 2.45) is 0 Å². The Bertz CT molecular complexity index is 614. The third-order valence-corrected chi connectivity index (χ3v) is 3.64. The van der Waals surface area contributed by atoms with Crippen molar-refractivity contribution in [3.8, 4) is 0 Å². The number of hydrogen-bond donors (Lipinski definition) is 1. The Labute approximate surface area is 118 Å². The van der Waals surface area contributed by atoms with E-state index in [2.05, 4.69) is 0 Å². The molecule has 2 aromatic carbocycles. The quantitative estimate of drug-likeness (QED) is 0.679. The lowest BCUT2D eigenvalue weighted by Gasteiger charge is -2.09. The highest BCUT2D eigenvalue weighted by molar-refractivity contribution is 6.33. The lowest BCUT2D eigenvalue weighted by atomic mass is 9.95.